The minimum Gasteiger partial charge on any atom is -0.469 e. The van der Waals surface area contributed by atoms with Gasteiger partial charge in [-0.15, -0.1) is 0 Å². The lowest BCUT2D eigenvalue weighted by atomic mass is 9.81. The second-order valence-electron chi connectivity index (χ2n) is 11.3. The van der Waals surface area contributed by atoms with Crippen molar-refractivity contribution >= 4 is 5.97 Å². The molecule has 1 aliphatic carbocycles. The quantitative estimate of drug-likeness (QED) is 0.0410. The molecule has 1 fully saturated rings. The van der Waals surface area contributed by atoms with Crippen LogP contribution in [0.4, 0.5) is 0 Å². The molecule has 1 unspecified atom stereocenters. The average molecular weight is 543 g/mol. The van der Waals surface area contributed by atoms with E-state index in [0.29, 0.717) is 12.3 Å². The molecule has 1 saturated carbocycles. The monoisotopic (exact) mass is 542 g/mol. The van der Waals surface area contributed by atoms with E-state index in [4.69, 9.17) is 19.2 Å². The van der Waals surface area contributed by atoms with Gasteiger partial charge in [0.25, 0.3) is 0 Å². The highest BCUT2D eigenvalue weighted by Crippen LogP contribution is 2.37. The van der Waals surface area contributed by atoms with Gasteiger partial charge in [-0.25, -0.2) is 9.78 Å². The lowest BCUT2D eigenvalue weighted by molar-refractivity contribution is -0.437. The maximum absolute atomic E-state index is 11.3. The molecule has 0 N–H and O–H groups in total. The van der Waals surface area contributed by atoms with E-state index in [9.17, 15) is 4.79 Å². The molecule has 0 saturated heterocycles. The van der Waals surface area contributed by atoms with Crippen LogP contribution >= 0.6 is 0 Å². The van der Waals surface area contributed by atoms with Crippen molar-refractivity contribution < 1.29 is 24.0 Å². The lowest BCUT2D eigenvalue weighted by Crippen LogP contribution is -2.38. The van der Waals surface area contributed by atoms with Gasteiger partial charge in [-0.1, -0.05) is 113 Å². The Bertz CT molecular complexity index is 816. The second-order valence-corrected chi connectivity index (χ2v) is 11.3. The van der Waals surface area contributed by atoms with Gasteiger partial charge in [-0.2, -0.15) is 0 Å². The van der Waals surface area contributed by atoms with Gasteiger partial charge in [0.1, 0.15) is 6.10 Å². The fourth-order valence-corrected chi connectivity index (χ4v) is 5.18. The van der Waals surface area contributed by atoms with Crippen molar-refractivity contribution in [1.82, 2.24) is 0 Å². The van der Waals surface area contributed by atoms with E-state index in [-0.39, 0.29) is 18.2 Å². The summed E-state index contributed by atoms with van der Waals surface area (Å²) in [6.45, 7) is 6.14. The zero-order chi connectivity index (χ0) is 28.2. The molecular weight excluding hydrogens is 488 g/mol. The first kappa shape index (κ1) is 33.3. The van der Waals surface area contributed by atoms with Crippen LogP contribution in [0, 0.1) is 0 Å². The van der Waals surface area contributed by atoms with Gasteiger partial charge < -0.3 is 9.47 Å². The van der Waals surface area contributed by atoms with E-state index in [1.165, 1.54) is 44.8 Å². The zero-order valence-corrected chi connectivity index (χ0v) is 25.1. The second kappa shape index (κ2) is 20.0. The lowest BCUT2D eigenvalue weighted by Gasteiger charge is -2.37. The maximum atomic E-state index is 11.3. The summed E-state index contributed by atoms with van der Waals surface area (Å²) >= 11 is 0. The highest BCUT2D eigenvalue weighted by atomic mass is 17.2. The summed E-state index contributed by atoms with van der Waals surface area (Å²) in [7, 11) is 1.45. The third-order valence-corrected chi connectivity index (χ3v) is 7.38. The first-order chi connectivity index (χ1) is 18.9. The summed E-state index contributed by atoms with van der Waals surface area (Å²) in [5.74, 6) is -0.581. The smallest absolute Gasteiger partial charge is 0.305 e. The van der Waals surface area contributed by atoms with Gasteiger partial charge in [0.2, 0.25) is 0 Å². The summed E-state index contributed by atoms with van der Waals surface area (Å²) < 4.78 is 11.3. The number of methoxy groups -OCH3 is 1. The average Bonchev–Trinajstić information content (AvgIpc) is 2.94. The zero-order valence-electron chi connectivity index (χ0n) is 25.1. The first-order valence-corrected chi connectivity index (χ1v) is 15.4. The van der Waals surface area contributed by atoms with Crippen LogP contribution in [0.5, 0.6) is 0 Å². The highest BCUT2D eigenvalue weighted by molar-refractivity contribution is 5.68. The number of carbonyl (C=O) groups is 1. The molecule has 0 radical (unpaired) electrons. The Morgan fingerprint density at radius 1 is 0.974 bits per heavy atom. The number of hydrogen-bond acceptors (Lipinski definition) is 5. The molecule has 1 aliphatic rings. The Labute approximate surface area is 238 Å². The maximum Gasteiger partial charge on any atom is 0.305 e. The van der Waals surface area contributed by atoms with Gasteiger partial charge in [0.05, 0.1) is 13.2 Å². The first-order valence-electron chi connectivity index (χ1n) is 15.4. The fraction of sp³-hybridized carbons (Fsp3) is 0.676. The summed E-state index contributed by atoms with van der Waals surface area (Å²) in [5, 5.41) is 0. The molecule has 0 bridgehead atoms. The molecule has 0 spiro atoms. The van der Waals surface area contributed by atoms with Gasteiger partial charge in [-0.3, -0.25) is 4.79 Å². The van der Waals surface area contributed by atoms with Crippen LogP contribution in [0.2, 0.25) is 0 Å². The summed E-state index contributed by atoms with van der Waals surface area (Å²) in [6, 6.07) is 10.7. The van der Waals surface area contributed by atoms with Crippen molar-refractivity contribution in [2.24, 2.45) is 0 Å². The Balaban J connectivity index is 1.86. The number of unbranched alkanes of at least 4 members (excludes halogenated alkanes) is 7. The van der Waals surface area contributed by atoms with Crippen molar-refractivity contribution in [2.45, 2.75) is 141 Å². The molecule has 5 nitrogen and oxygen atoms in total. The van der Waals surface area contributed by atoms with Crippen LogP contribution in [0.1, 0.15) is 129 Å². The molecule has 1 aromatic carbocycles. The Hall–Kier alpha value is -1.95. The van der Waals surface area contributed by atoms with Gasteiger partial charge in [0.15, 0.2) is 5.79 Å². The van der Waals surface area contributed by atoms with E-state index in [2.05, 4.69) is 61.6 Å². The van der Waals surface area contributed by atoms with Crippen molar-refractivity contribution in [3.8, 4) is 0 Å². The highest BCUT2D eigenvalue weighted by Gasteiger charge is 2.34. The van der Waals surface area contributed by atoms with Crippen LogP contribution in [-0.4, -0.2) is 31.1 Å². The van der Waals surface area contributed by atoms with E-state index < -0.39 is 5.79 Å². The van der Waals surface area contributed by atoms with Gasteiger partial charge >= 0.3 is 5.97 Å². The van der Waals surface area contributed by atoms with Crippen LogP contribution in [-0.2, 0) is 24.0 Å². The van der Waals surface area contributed by atoms with Gasteiger partial charge in [0, 0.05) is 12.3 Å². The number of allylic oxidation sites excluding steroid dienone is 3. The van der Waals surface area contributed by atoms with Crippen LogP contribution < -0.4 is 0 Å². The minimum absolute atomic E-state index is 0.116. The van der Waals surface area contributed by atoms with Crippen molar-refractivity contribution in [3.05, 3.63) is 60.2 Å². The van der Waals surface area contributed by atoms with E-state index >= 15 is 0 Å². The molecular formula is C34H54O5. The van der Waals surface area contributed by atoms with E-state index in [1.54, 1.807) is 0 Å². The van der Waals surface area contributed by atoms with E-state index in [0.717, 1.165) is 57.8 Å². The molecule has 0 amide bonds. The Morgan fingerprint density at radius 3 is 2.49 bits per heavy atom. The molecule has 0 heterocycles. The summed E-state index contributed by atoms with van der Waals surface area (Å²) in [5.41, 5.74) is 1.34. The Morgan fingerprint density at radius 2 is 1.72 bits per heavy atom. The molecule has 5 heteroatoms. The largest absolute Gasteiger partial charge is 0.469 e. The molecule has 1 aromatic rings. The molecule has 3 atom stereocenters. The van der Waals surface area contributed by atoms with Crippen LogP contribution in [0.15, 0.2) is 54.6 Å². The number of ether oxygens (including phenoxy) is 2. The normalized spacial score (nSPS) is 19.1. The number of esters is 1. The Kier molecular flexibility index (Phi) is 17.1. The molecule has 0 aromatic heterocycles. The fourth-order valence-electron chi connectivity index (χ4n) is 5.18. The standard InChI is InChI=1S/C34H54O5/c1-5-6-7-8-9-11-17-24-30(25-18-12-10-13-19-28-33(35)36-4)38-39-34(2,3)37-32-27-21-20-26-31(32)29-22-15-14-16-23-29/h9,11,14-17,22-24,30-32H,5-8,10,12-13,18-21,25-28H2,1-4H3/b11-9+,24-17+/t30?,31-,32+/m0/s1. The SMILES string of the molecule is CCCCC/C=C/C=C/C(CCCCCCCC(=O)OC)OOC(C)(C)O[C@@H]1CCCC[C@H]1c1ccccc1. The number of rotatable bonds is 20. The number of benzene rings is 1. The molecule has 39 heavy (non-hydrogen) atoms. The van der Waals surface area contributed by atoms with Crippen LogP contribution in [0.3, 0.4) is 0 Å². The third kappa shape index (κ3) is 14.9. The number of carbonyl (C=O) groups excluding carboxylic acids is 1. The minimum atomic E-state index is -0.842. The van der Waals surface area contributed by atoms with Crippen molar-refractivity contribution in [1.29, 1.82) is 0 Å². The van der Waals surface area contributed by atoms with Crippen LogP contribution in [0.25, 0.3) is 0 Å². The molecule has 2 rings (SSSR count). The van der Waals surface area contributed by atoms with E-state index in [1.807, 2.05) is 13.8 Å². The topological polar surface area (TPSA) is 54.0 Å². The molecule has 0 aliphatic heterocycles. The number of hydrogen-bond donors (Lipinski definition) is 0. The summed E-state index contributed by atoms with van der Waals surface area (Å²) in [6.07, 6.45) is 24.5. The summed E-state index contributed by atoms with van der Waals surface area (Å²) in [4.78, 5) is 23.3. The van der Waals surface area contributed by atoms with Gasteiger partial charge in [-0.05, 0) is 57.9 Å². The predicted molar refractivity (Wildman–Crippen MR) is 159 cm³/mol. The predicted octanol–water partition coefficient (Wildman–Crippen LogP) is 9.38. The van der Waals surface area contributed by atoms with Crippen molar-refractivity contribution in [3.63, 3.8) is 0 Å². The third-order valence-electron chi connectivity index (χ3n) is 7.38. The molecule has 220 valence electrons. The van der Waals surface area contributed by atoms with Crippen molar-refractivity contribution in [2.75, 3.05) is 7.11 Å².